The van der Waals surface area contributed by atoms with Crippen molar-refractivity contribution in [1.82, 2.24) is 0 Å². The van der Waals surface area contributed by atoms with E-state index in [-0.39, 0.29) is 11.2 Å². The lowest BCUT2D eigenvalue weighted by Crippen LogP contribution is -2.23. The van der Waals surface area contributed by atoms with E-state index in [9.17, 15) is 4.79 Å². The molecule has 2 aromatic rings. The third kappa shape index (κ3) is 4.41. The molecule has 2 unspecified atom stereocenters. The summed E-state index contributed by atoms with van der Waals surface area (Å²) in [6.07, 6.45) is 2.71. The summed E-state index contributed by atoms with van der Waals surface area (Å²) in [5.41, 5.74) is 2.12. The SMILES string of the molecule is CCC(C)c1ccccc1NC(=O)C(C)SCc1ccco1. The van der Waals surface area contributed by atoms with Crippen molar-refractivity contribution in [1.29, 1.82) is 0 Å². The van der Waals surface area contributed by atoms with Gasteiger partial charge in [-0.05, 0) is 43.0 Å². The van der Waals surface area contributed by atoms with Gasteiger partial charge in [0.1, 0.15) is 5.76 Å². The predicted molar refractivity (Wildman–Crippen MR) is 93.2 cm³/mol. The van der Waals surface area contributed by atoms with Crippen LogP contribution in [0, 0.1) is 0 Å². The maximum absolute atomic E-state index is 12.4. The normalized spacial score (nSPS) is 13.6. The fraction of sp³-hybridized carbons (Fsp3) is 0.389. The van der Waals surface area contributed by atoms with Crippen molar-refractivity contribution in [3.05, 3.63) is 54.0 Å². The highest BCUT2D eigenvalue weighted by Gasteiger charge is 2.17. The number of thioether (sulfide) groups is 1. The van der Waals surface area contributed by atoms with Crippen molar-refractivity contribution < 1.29 is 9.21 Å². The molecular weight excluding hydrogens is 294 g/mol. The van der Waals surface area contributed by atoms with E-state index in [1.165, 1.54) is 5.56 Å². The van der Waals surface area contributed by atoms with E-state index in [0.29, 0.717) is 11.7 Å². The molecule has 1 N–H and O–H groups in total. The summed E-state index contributed by atoms with van der Waals surface area (Å²) in [4.78, 5) is 12.4. The summed E-state index contributed by atoms with van der Waals surface area (Å²) in [5, 5.41) is 2.94. The highest BCUT2D eigenvalue weighted by atomic mass is 32.2. The zero-order valence-corrected chi connectivity index (χ0v) is 14.2. The molecule has 0 aliphatic rings. The first-order valence-electron chi connectivity index (χ1n) is 7.65. The Morgan fingerprint density at radius 2 is 2.00 bits per heavy atom. The highest BCUT2D eigenvalue weighted by molar-refractivity contribution is 7.99. The highest BCUT2D eigenvalue weighted by Crippen LogP contribution is 2.27. The Morgan fingerprint density at radius 3 is 2.68 bits per heavy atom. The molecule has 0 aliphatic carbocycles. The Morgan fingerprint density at radius 1 is 1.23 bits per heavy atom. The van der Waals surface area contributed by atoms with Crippen molar-refractivity contribution >= 4 is 23.4 Å². The summed E-state index contributed by atoms with van der Waals surface area (Å²) in [6, 6.07) is 11.8. The van der Waals surface area contributed by atoms with Gasteiger partial charge >= 0.3 is 0 Å². The van der Waals surface area contributed by atoms with E-state index in [0.717, 1.165) is 17.9 Å². The van der Waals surface area contributed by atoms with Gasteiger partial charge in [0.25, 0.3) is 0 Å². The number of anilines is 1. The van der Waals surface area contributed by atoms with Gasteiger partial charge in [0.05, 0.1) is 17.3 Å². The summed E-state index contributed by atoms with van der Waals surface area (Å²) in [7, 11) is 0. The van der Waals surface area contributed by atoms with Crippen LogP contribution in [0.15, 0.2) is 47.1 Å². The van der Waals surface area contributed by atoms with Gasteiger partial charge in [0, 0.05) is 5.69 Å². The monoisotopic (exact) mass is 317 g/mol. The second-order valence-corrected chi connectivity index (χ2v) is 6.75. The molecule has 2 atom stereocenters. The number of carbonyl (C=O) groups excluding carboxylic acids is 1. The zero-order chi connectivity index (χ0) is 15.9. The molecule has 4 heteroatoms. The van der Waals surface area contributed by atoms with Crippen LogP contribution in [-0.2, 0) is 10.5 Å². The molecule has 2 rings (SSSR count). The van der Waals surface area contributed by atoms with E-state index in [1.54, 1.807) is 18.0 Å². The number of benzene rings is 1. The molecule has 22 heavy (non-hydrogen) atoms. The molecule has 0 saturated heterocycles. The lowest BCUT2D eigenvalue weighted by atomic mass is 9.97. The molecule has 3 nitrogen and oxygen atoms in total. The minimum atomic E-state index is -0.130. The molecule has 1 aromatic carbocycles. The van der Waals surface area contributed by atoms with E-state index in [1.807, 2.05) is 37.3 Å². The van der Waals surface area contributed by atoms with Crippen molar-refractivity contribution in [2.45, 2.75) is 44.1 Å². The third-order valence-corrected chi connectivity index (χ3v) is 4.95. The minimum Gasteiger partial charge on any atom is -0.468 e. The van der Waals surface area contributed by atoms with Crippen molar-refractivity contribution in [2.75, 3.05) is 5.32 Å². The lowest BCUT2D eigenvalue weighted by molar-refractivity contribution is -0.115. The van der Waals surface area contributed by atoms with E-state index < -0.39 is 0 Å². The molecule has 1 aromatic heterocycles. The van der Waals surface area contributed by atoms with Crippen LogP contribution < -0.4 is 5.32 Å². The maximum Gasteiger partial charge on any atom is 0.237 e. The Balaban J connectivity index is 1.96. The molecule has 0 fully saturated rings. The van der Waals surface area contributed by atoms with Crippen molar-refractivity contribution in [2.24, 2.45) is 0 Å². The van der Waals surface area contributed by atoms with Gasteiger partial charge in [-0.2, -0.15) is 0 Å². The second-order valence-electron chi connectivity index (χ2n) is 5.42. The van der Waals surface area contributed by atoms with Gasteiger partial charge in [0.2, 0.25) is 5.91 Å². The van der Waals surface area contributed by atoms with Gasteiger partial charge in [-0.1, -0.05) is 32.0 Å². The number of carbonyl (C=O) groups is 1. The Kier molecular flexibility index (Phi) is 6.13. The first kappa shape index (κ1) is 16.7. The summed E-state index contributed by atoms with van der Waals surface area (Å²) in [6.45, 7) is 6.26. The van der Waals surface area contributed by atoms with Crippen LogP contribution in [0.4, 0.5) is 5.69 Å². The zero-order valence-electron chi connectivity index (χ0n) is 13.3. The molecule has 1 amide bonds. The summed E-state index contributed by atoms with van der Waals surface area (Å²) in [5.74, 6) is 2.06. The van der Waals surface area contributed by atoms with Crippen LogP contribution in [-0.4, -0.2) is 11.2 Å². The molecule has 1 heterocycles. The van der Waals surface area contributed by atoms with Crippen molar-refractivity contribution in [3.8, 4) is 0 Å². The maximum atomic E-state index is 12.4. The number of rotatable bonds is 7. The topological polar surface area (TPSA) is 42.2 Å². The van der Waals surface area contributed by atoms with Crippen molar-refractivity contribution in [3.63, 3.8) is 0 Å². The van der Waals surface area contributed by atoms with E-state index in [2.05, 4.69) is 25.2 Å². The fourth-order valence-electron chi connectivity index (χ4n) is 2.17. The standard InChI is InChI=1S/C18H23NO2S/c1-4-13(2)16-9-5-6-10-17(16)19-18(20)14(3)22-12-15-8-7-11-21-15/h5-11,13-14H,4,12H2,1-3H3,(H,19,20). The van der Waals surface area contributed by atoms with Gasteiger partial charge in [-0.25, -0.2) is 0 Å². The van der Waals surface area contributed by atoms with Gasteiger partial charge in [-0.3, -0.25) is 4.79 Å². The van der Waals surface area contributed by atoms with Crippen LogP contribution in [0.5, 0.6) is 0 Å². The summed E-state index contributed by atoms with van der Waals surface area (Å²) < 4.78 is 5.29. The van der Waals surface area contributed by atoms with Crippen LogP contribution in [0.25, 0.3) is 0 Å². The summed E-state index contributed by atoms with van der Waals surface area (Å²) >= 11 is 1.58. The number of amides is 1. The quantitative estimate of drug-likeness (QED) is 0.776. The smallest absolute Gasteiger partial charge is 0.237 e. The average molecular weight is 317 g/mol. The Bertz CT molecular complexity index is 595. The number of furan rings is 1. The molecule has 0 bridgehead atoms. The molecule has 118 valence electrons. The number of nitrogens with one attached hydrogen (secondary N) is 1. The van der Waals surface area contributed by atoms with Crippen LogP contribution in [0.3, 0.4) is 0 Å². The number of hydrogen-bond donors (Lipinski definition) is 1. The van der Waals surface area contributed by atoms with Gasteiger partial charge < -0.3 is 9.73 Å². The lowest BCUT2D eigenvalue weighted by Gasteiger charge is -2.17. The molecule has 0 saturated carbocycles. The molecule has 0 radical (unpaired) electrons. The van der Waals surface area contributed by atoms with Crippen LogP contribution >= 0.6 is 11.8 Å². The van der Waals surface area contributed by atoms with Crippen LogP contribution in [0.2, 0.25) is 0 Å². The largest absolute Gasteiger partial charge is 0.468 e. The molecular formula is C18H23NO2S. The van der Waals surface area contributed by atoms with Gasteiger partial charge in [-0.15, -0.1) is 11.8 Å². The first-order chi connectivity index (χ1) is 10.6. The fourth-order valence-corrected chi connectivity index (χ4v) is 2.96. The van der Waals surface area contributed by atoms with Gasteiger partial charge in [0.15, 0.2) is 0 Å². The number of hydrogen-bond acceptors (Lipinski definition) is 3. The minimum absolute atomic E-state index is 0.0345. The number of para-hydroxylation sites is 1. The Labute approximate surface area is 136 Å². The second kappa shape index (κ2) is 8.08. The average Bonchev–Trinajstić information content (AvgIpc) is 3.05. The van der Waals surface area contributed by atoms with E-state index in [4.69, 9.17) is 4.42 Å². The third-order valence-electron chi connectivity index (χ3n) is 3.79. The molecule has 0 aliphatic heterocycles. The van der Waals surface area contributed by atoms with E-state index >= 15 is 0 Å². The predicted octanol–water partition coefficient (Wildman–Crippen LogP) is 5.05. The molecule has 0 spiro atoms. The first-order valence-corrected chi connectivity index (χ1v) is 8.70. The van der Waals surface area contributed by atoms with Crippen LogP contribution in [0.1, 0.15) is 44.4 Å². The Hall–Kier alpha value is -1.68.